The highest BCUT2D eigenvalue weighted by Crippen LogP contribution is 2.27. The molecule has 2 aromatic heterocycles. The third-order valence-corrected chi connectivity index (χ3v) is 3.08. The molecular formula is C14H20N6. The molecule has 3 N–H and O–H groups in total. The Bertz CT molecular complexity index is 562. The number of rotatable bonds is 5. The van der Waals surface area contributed by atoms with Gasteiger partial charge in [0.1, 0.15) is 17.8 Å². The van der Waals surface area contributed by atoms with Crippen molar-refractivity contribution in [2.45, 2.75) is 20.8 Å². The molecule has 0 aliphatic carbocycles. The van der Waals surface area contributed by atoms with Gasteiger partial charge in [0.15, 0.2) is 11.6 Å². The van der Waals surface area contributed by atoms with Crippen LogP contribution >= 0.6 is 0 Å². The van der Waals surface area contributed by atoms with Crippen LogP contribution in [0.4, 0.5) is 23.1 Å². The quantitative estimate of drug-likeness (QED) is 0.869. The van der Waals surface area contributed by atoms with Gasteiger partial charge in [-0.25, -0.2) is 15.0 Å². The SMILES string of the molecule is CCN(CC)c1ncnc(Nc2ccc(C)cn2)c1N. The van der Waals surface area contributed by atoms with Gasteiger partial charge < -0.3 is 16.0 Å². The second-order valence-corrected chi connectivity index (χ2v) is 4.48. The predicted molar refractivity (Wildman–Crippen MR) is 82.3 cm³/mol. The van der Waals surface area contributed by atoms with Gasteiger partial charge in [-0.3, -0.25) is 0 Å². The molecule has 2 rings (SSSR count). The normalized spacial score (nSPS) is 10.3. The first-order valence-corrected chi connectivity index (χ1v) is 6.70. The van der Waals surface area contributed by atoms with E-state index in [1.807, 2.05) is 19.1 Å². The molecule has 106 valence electrons. The Morgan fingerprint density at radius 1 is 1.15 bits per heavy atom. The molecule has 0 amide bonds. The monoisotopic (exact) mass is 272 g/mol. The number of anilines is 4. The fourth-order valence-electron chi connectivity index (χ4n) is 1.92. The molecule has 0 aliphatic heterocycles. The van der Waals surface area contributed by atoms with E-state index >= 15 is 0 Å². The first kappa shape index (κ1) is 14.0. The zero-order valence-electron chi connectivity index (χ0n) is 12.1. The van der Waals surface area contributed by atoms with Crippen LogP contribution in [0.1, 0.15) is 19.4 Å². The standard InChI is InChI=1S/C14H20N6/c1-4-20(5-2)14-12(15)13(17-9-18-14)19-11-7-6-10(3)8-16-11/h6-9H,4-5,15H2,1-3H3,(H,16,17,18,19). The van der Waals surface area contributed by atoms with Crippen LogP contribution in [-0.4, -0.2) is 28.0 Å². The van der Waals surface area contributed by atoms with Gasteiger partial charge in [-0.1, -0.05) is 6.07 Å². The minimum absolute atomic E-state index is 0.540. The van der Waals surface area contributed by atoms with Gasteiger partial charge in [-0.15, -0.1) is 0 Å². The van der Waals surface area contributed by atoms with Gasteiger partial charge in [0.2, 0.25) is 0 Å². The van der Waals surface area contributed by atoms with Crippen molar-refractivity contribution in [2.24, 2.45) is 0 Å². The van der Waals surface area contributed by atoms with Gasteiger partial charge in [0, 0.05) is 19.3 Å². The number of nitrogens with one attached hydrogen (secondary N) is 1. The van der Waals surface area contributed by atoms with Gasteiger partial charge in [-0.05, 0) is 32.4 Å². The summed E-state index contributed by atoms with van der Waals surface area (Å²) in [5.41, 5.74) is 7.80. The molecule has 0 saturated carbocycles. The van der Waals surface area contributed by atoms with Crippen molar-refractivity contribution in [1.29, 1.82) is 0 Å². The van der Waals surface area contributed by atoms with Crippen molar-refractivity contribution in [3.8, 4) is 0 Å². The van der Waals surface area contributed by atoms with Gasteiger partial charge >= 0.3 is 0 Å². The number of hydrogen-bond donors (Lipinski definition) is 2. The molecule has 0 aromatic carbocycles. The third kappa shape index (κ3) is 2.96. The van der Waals surface area contributed by atoms with Crippen LogP contribution in [-0.2, 0) is 0 Å². The summed E-state index contributed by atoms with van der Waals surface area (Å²) in [7, 11) is 0. The summed E-state index contributed by atoms with van der Waals surface area (Å²) >= 11 is 0. The maximum Gasteiger partial charge on any atom is 0.160 e. The highest BCUT2D eigenvalue weighted by molar-refractivity contribution is 5.77. The van der Waals surface area contributed by atoms with Gasteiger partial charge in [0.05, 0.1) is 0 Å². The Labute approximate surface area is 119 Å². The van der Waals surface area contributed by atoms with Crippen LogP contribution in [0.3, 0.4) is 0 Å². The zero-order chi connectivity index (χ0) is 14.5. The van der Waals surface area contributed by atoms with Crippen molar-refractivity contribution in [1.82, 2.24) is 15.0 Å². The fourth-order valence-corrected chi connectivity index (χ4v) is 1.92. The molecule has 0 radical (unpaired) electrons. The highest BCUT2D eigenvalue weighted by atomic mass is 15.2. The van der Waals surface area contributed by atoms with E-state index in [4.69, 9.17) is 5.73 Å². The molecule has 2 aromatic rings. The van der Waals surface area contributed by atoms with E-state index in [1.54, 1.807) is 6.20 Å². The molecule has 20 heavy (non-hydrogen) atoms. The molecule has 0 atom stereocenters. The maximum atomic E-state index is 6.16. The number of hydrogen-bond acceptors (Lipinski definition) is 6. The Hall–Kier alpha value is -2.37. The molecule has 0 saturated heterocycles. The zero-order valence-corrected chi connectivity index (χ0v) is 12.1. The van der Waals surface area contributed by atoms with Crippen LogP contribution < -0.4 is 16.0 Å². The van der Waals surface area contributed by atoms with E-state index in [2.05, 4.69) is 39.0 Å². The molecular weight excluding hydrogens is 252 g/mol. The lowest BCUT2D eigenvalue weighted by atomic mass is 10.3. The average molecular weight is 272 g/mol. The first-order valence-electron chi connectivity index (χ1n) is 6.70. The van der Waals surface area contributed by atoms with Crippen LogP contribution in [0.25, 0.3) is 0 Å². The van der Waals surface area contributed by atoms with Crippen molar-refractivity contribution >= 4 is 23.1 Å². The Balaban J connectivity index is 2.28. The first-order chi connectivity index (χ1) is 9.65. The molecule has 0 spiro atoms. The molecule has 0 fully saturated rings. The number of pyridine rings is 1. The van der Waals surface area contributed by atoms with Crippen LogP contribution in [0, 0.1) is 6.92 Å². The predicted octanol–water partition coefficient (Wildman–Crippen LogP) is 2.35. The smallest absolute Gasteiger partial charge is 0.160 e. The lowest BCUT2D eigenvalue weighted by molar-refractivity contribution is 0.844. The van der Waals surface area contributed by atoms with E-state index in [1.165, 1.54) is 6.33 Å². The summed E-state index contributed by atoms with van der Waals surface area (Å²) in [6, 6.07) is 3.88. The van der Waals surface area contributed by atoms with Crippen LogP contribution in [0.2, 0.25) is 0 Å². The maximum absolute atomic E-state index is 6.16. The fraction of sp³-hybridized carbons (Fsp3) is 0.357. The summed E-state index contributed by atoms with van der Waals surface area (Å²) in [4.78, 5) is 14.8. The number of nitrogens with zero attached hydrogens (tertiary/aromatic N) is 4. The summed E-state index contributed by atoms with van der Waals surface area (Å²) in [5, 5.41) is 3.13. The van der Waals surface area contributed by atoms with E-state index in [0.29, 0.717) is 17.3 Å². The minimum atomic E-state index is 0.540. The number of nitrogens with two attached hydrogens (primary N) is 1. The largest absolute Gasteiger partial charge is 0.393 e. The lowest BCUT2D eigenvalue weighted by Gasteiger charge is -2.22. The minimum Gasteiger partial charge on any atom is -0.393 e. The lowest BCUT2D eigenvalue weighted by Crippen LogP contribution is -2.24. The summed E-state index contributed by atoms with van der Waals surface area (Å²) in [6.45, 7) is 7.83. The average Bonchev–Trinajstić information content (AvgIpc) is 2.46. The second kappa shape index (κ2) is 6.18. The summed E-state index contributed by atoms with van der Waals surface area (Å²) < 4.78 is 0. The summed E-state index contributed by atoms with van der Waals surface area (Å²) in [6.07, 6.45) is 3.31. The van der Waals surface area contributed by atoms with Crippen molar-refractivity contribution in [3.05, 3.63) is 30.2 Å². The molecule has 6 heteroatoms. The second-order valence-electron chi connectivity index (χ2n) is 4.48. The Morgan fingerprint density at radius 2 is 1.90 bits per heavy atom. The van der Waals surface area contributed by atoms with Crippen LogP contribution in [0.5, 0.6) is 0 Å². The molecule has 2 heterocycles. The summed E-state index contributed by atoms with van der Waals surface area (Å²) in [5.74, 6) is 2.05. The number of aryl methyl sites for hydroxylation is 1. The van der Waals surface area contributed by atoms with Crippen molar-refractivity contribution in [2.75, 3.05) is 29.0 Å². The molecule has 0 bridgehead atoms. The van der Waals surface area contributed by atoms with Crippen molar-refractivity contribution in [3.63, 3.8) is 0 Å². The molecule has 0 aliphatic rings. The molecule has 0 unspecified atom stereocenters. The molecule has 6 nitrogen and oxygen atoms in total. The van der Waals surface area contributed by atoms with Crippen LogP contribution in [0.15, 0.2) is 24.7 Å². The topological polar surface area (TPSA) is 80.0 Å². The Kier molecular flexibility index (Phi) is 4.34. The van der Waals surface area contributed by atoms with E-state index in [0.717, 1.165) is 24.5 Å². The van der Waals surface area contributed by atoms with E-state index in [9.17, 15) is 0 Å². The Morgan fingerprint density at radius 3 is 2.50 bits per heavy atom. The number of nitrogen functional groups attached to an aromatic ring is 1. The third-order valence-electron chi connectivity index (χ3n) is 3.08. The van der Waals surface area contributed by atoms with Gasteiger partial charge in [0.25, 0.3) is 0 Å². The van der Waals surface area contributed by atoms with E-state index in [-0.39, 0.29) is 0 Å². The van der Waals surface area contributed by atoms with Crippen molar-refractivity contribution < 1.29 is 0 Å². The number of aromatic nitrogens is 3. The highest BCUT2D eigenvalue weighted by Gasteiger charge is 2.12. The van der Waals surface area contributed by atoms with E-state index < -0.39 is 0 Å². The van der Waals surface area contributed by atoms with Gasteiger partial charge in [-0.2, -0.15) is 0 Å².